The highest BCUT2D eigenvalue weighted by molar-refractivity contribution is 9.10. The molecule has 1 aromatic carbocycles. The normalized spacial score (nSPS) is 10.3. The predicted octanol–water partition coefficient (Wildman–Crippen LogP) is 1.94. The lowest BCUT2D eigenvalue weighted by Crippen LogP contribution is -2.27. The molecule has 1 aromatic rings. The Bertz CT molecular complexity index is 389. The summed E-state index contributed by atoms with van der Waals surface area (Å²) >= 11 is 3.48. The molecule has 5 heteroatoms. The molecule has 0 unspecified atom stereocenters. The van der Waals surface area contributed by atoms with Crippen molar-refractivity contribution in [3.8, 4) is 0 Å². The minimum absolute atomic E-state index is 0.0569. The molecular weight excluding hydrogens is 282 g/mol. The van der Waals surface area contributed by atoms with E-state index in [4.69, 9.17) is 16.2 Å². The Kier molecular flexibility index (Phi) is 5.44. The number of benzene rings is 1. The molecule has 0 amide bonds. The number of nitrogens with one attached hydrogen (secondary N) is 1. The van der Waals surface area contributed by atoms with E-state index in [0.717, 1.165) is 23.1 Å². The third-order valence-corrected chi connectivity index (χ3v) is 3.10. The van der Waals surface area contributed by atoms with Gasteiger partial charge < -0.3 is 15.7 Å². The van der Waals surface area contributed by atoms with Gasteiger partial charge >= 0.3 is 0 Å². The lowest BCUT2D eigenvalue weighted by atomic mass is 10.1. The van der Waals surface area contributed by atoms with Crippen molar-refractivity contribution in [3.05, 3.63) is 28.2 Å². The number of hydrogen-bond acceptors (Lipinski definition) is 3. The van der Waals surface area contributed by atoms with Gasteiger partial charge in [0.25, 0.3) is 0 Å². The van der Waals surface area contributed by atoms with Crippen LogP contribution in [0.4, 0.5) is 5.69 Å². The molecule has 0 aliphatic rings. The summed E-state index contributed by atoms with van der Waals surface area (Å²) in [5, 5.41) is 16.4. The van der Waals surface area contributed by atoms with Crippen molar-refractivity contribution < 1.29 is 5.11 Å². The topological polar surface area (TPSA) is 73.3 Å². The lowest BCUT2D eigenvalue weighted by Gasteiger charge is -2.24. The van der Waals surface area contributed by atoms with Crippen LogP contribution in [-0.4, -0.2) is 30.6 Å². The van der Waals surface area contributed by atoms with Crippen LogP contribution in [-0.2, 0) is 0 Å². The fraction of sp³-hybridized carbons (Fsp3) is 0.417. The molecule has 94 valence electrons. The van der Waals surface area contributed by atoms with Gasteiger partial charge in [0.2, 0.25) is 0 Å². The fourth-order valence-corrected chi connectivity index (χ4v) is 2.30. The van der Waals surface area contributed by atoms with Crippen LogP contribution in [0.3, 0.4) is 0 Å². The van der Waals surface area contributed by atoms with Crippen LogP contribution >= 0.6 is 15.9 Å². The van der Waals surface area contributed by atoms with E-state index >= 15 is 0 Å². The van der Waals surface area contributed by atoms with Gasteiger partial charge in [0.15, 0.2) is 0 Å². The summed E-state index contributed by atoms with van der Waals surface area (Å²) in [5.41, 5.74) is 7.15. The van der Waals surface area contributed by atoms with Crippen molar-refractivity contribution in [2.24, 2.45) is 5.73 Å². The summed E-state index contributed by atoms with van der Waals surface area (Å²) in [7, 11) is 0. The number of hydrogen-bond donors (Lipinski definition) is 3. The van der Waals surface area contributed by atoms with Gasteiger partial charge in [-0.05, 0) is 40.5 Å². The Morgan fingerprint density at radius 2 is 2.18 bits per heavy atom. The first-order valence-corrected chi connectivity index (χ1v) is 6.39. The standard InChI is InChI=1S/C12H18BrN3O/c1-2-5-16(6-7-17)11-4-3-9(12(14)15)8-10(11)13/h3-4,8,17H,2,5-7H2,1H3,(H3,14,15). The fourth-order valence-electron chi connectivity index (χ4n) is 1.67. The Hall–Kier alpha value is -1.07. The molecule has 0 aromatic heterocycles. The van der Waals surface area contributed by atoms with E-state index in [0.29, 0.717) is 12.1 Å². The van der Waals surface area contributed by atoms with Crippen LogP contribution < -0.4 is 10.6 Å². The average Bonchev–Trinajstić information content (AvgIpc) is 2.28. The maximum atomic E-state index is 9.05. The molecule has 0 saturated heterocycles. The minimum Gasteiger partial charge on any atom is -0.395 e. The smallest absolute Gasteiger partial charge is 0.122 e. The highest BCUT2D eigenvalue weighted by Crippen LogP contribution is 2.27. The van der Waals surface area contributed by atoms with E-state index in [9.17, 15) is 0 Å². The van der Waals surface area contributed by atoms with Gasteiger partial charge in [0.1, 0.15) is 5.84 Å². The monoisotopic (exact) mass is 299 g/mol. The van der Waals surface area contributed by atoms with Gasteiger partial charge in [-0.15, -0.1) is 0 Å². The van der Waals surface area contributed by atoms with Crippen LogP contribution in [0.5, 0.6) is 0 Å². The molecule has 0 fully saturated rings. The summed E-state index contributed by atoms with van der Waals surface area (Å²) in [5.74, 6) is 0.0569. The predicted molar refractivity (Wildman–Crippen MR) is 74.7 cm³/mol. The van der Waals surface area contributed by atoms with Gasteiger partial charge in [0, 0.05) is 23.1 Å². The molecule has 4 nitrogen and oxygen atoms in total. The van der Waals surface area contributed by atoms with Gasteiger partial charge in [0.05, 0.1) is 12.3 Å². The van der Waals surface area contributed by atoms with Crippen molar-refractivity contribution in [1.82, 2.24) is 0 Å². The lowest BCUT2D eigenvalue weighted by molar-refractivity contribution is 0.302. The molecule has 0 aliphatic carbocycles. The Morgan fingerprint density at radius 3 is 2.65 bits per heavy atom. The highest BCUT2D eigenvalue weighted by atomic mass is 79.9. The maximum absolute atomic E-state index is 9.05. The Morgan fingerprint density at radius 1 is 1.47 bits per heavy atom. The summed E-state index contributed by atoms with van der Waals surface area (Å²) in [6.07, 6.45) is 1.01. The summed E-state index contributed by atoms with van der Waals surface area (Å²) in [6.45, 7) is 3.72. The average molecular weight is 300 g/mol. The van der Waals surface area contributed by atoms with E-state index in [1.165, 1.54) is 0 Å². The van der Waals surface area contributed by atoms with E-state index in [2.05, 4.69) is 27.8 Å². The van der Waals surface area contributed by atoms with Crippen molar-refractivity contribution in [1.29, 1.82) is 5.41 Å². The zero-order valence-electron chi connectivity index (χ0n) is 9.91. The van der Waals surface area contributed by atoms with E-state index in [-0.39, 0.29) is 12.4 Å². The Balaban J connectivity index is 2.99. The van der Waals surface area contributed by atoms with Crippen molar-refractivity contribution in [3.63, 3.8) is 0 Å². The second kappa shape index (κ2) is 6.61. The minimum atomic E-state index is 0.0569. The first-order valence-electron chi connectivity index (χ1n) is 5.60. The van der Waals surface area contributed by atoms with Gasteiger partial charge in [-0.2, -0.15) is 0 Å². The van der Waals surface area contributed by atoms with E-state index < -0.39 is 0 Å². The molecule has 17 heavy (non-hydrogen) atoms. The van der Waals surface area contributed by atoms with Crippen LogP contribution in [0.25, 0.3) is 0 Å². The van der Waals surface area contributed by atoms with Crippen LogP contribution in [0.15, 0.2) is 22.7 Å². The molecule has 0 saturated carbocycles. The zero-order chi connectivity index (χ0) is 12.8. The molecule has 0 heterocycles. The summed E-state index contributed by atoms with van der Waals surface area (Å²) in [6, 6.07) is 5.58. The van der Waals surface area contributed by atoms with Crippen molar-refractivity contribution in [2.45, 2.75) is 13.3 Å². The highest BCUT2D eigenvalue weighted by Gasteiger charge is 2.10. The number of aliphatic hydroxyl groups is 1. The molecule has 0 radical (unpaired) electrons. The summed E-state index contributed by atoms with van der Waals surface area (Å²) < 4.78 is 0.895. The number of aliphatic hydroxyl groups excluding tert-OH is 1. The van der Waals surface area contributed by atoms with Crippen LogP contribution in [0, 0.1) is 5.41 Å². The maximum Gasteiger partial charge on any atom is 0.122 e. The Labute approximate surface area is 110 Å². The van der Waals surface area contributed by atoms with E-state index in [1.807, 2.05) is 18.2 Å². The zero-order valence-corrected chi connectivity index (χ0v) is 11.5. The molecular formula is C12H18BrN3O. The third kappa shape index (κ3) is 3.71. The SMILES string of the molecule is CCCN(CCO)c1ccc(C(=N)N)cc1Br. The van der Waals surface area contributed by atoms with Crippen LogP contribution in [0.1, 0.15) is 18.9 Å². The van der Waals surface area contributed by atoms with Crippen molar-refractivity contribution in [2.75, 3.05) is 24.6 Å². The number of nitrogen functional groups attached to an aromatic ring is 1. The number of amidine groups is 1. The van der Waals surface area contributed by atoms with Crippen molar-refractivity contribution >= 4 is 27.5 Å². The van der Waals surface area contributed by atoms with Gasteiger partial charge in [-0.3, -0.25) is 5.41 Å². The number of anilines is 1. The molecule has 4 N–H and O–H groups in total. The molecule has 0 spiro atoms. The first kappa shape index (κ1) is 14.0. The molecule has 1 rings (SSSR count). The molecule has 0 bridgehead atoms. The number of nitrogens with zero attached hydrogens (tertiary/aromatic N) is 1. The quantitative estimate of drug-likeness (QED) is 0.555. The first-order chi connectivity index (χ1) is 8.10. The number of halogens is 1. The number of nitrogens with two attached hydrogens (primary N) is 1. The third-order valence-electron chi connectivity index (χ3n) is 2.46. The largest absolute Gasteiger partial charge is 0.395 e. The van der Waals surface area contributed by atoms with E-state index in [1.54, 1.807) is 0 Å². The summed E-state index contributed by atoms with van der Waals surface area (Å²) in [4.78, 5) is 2.11. The van der Waals surface area contributed by atoms with Crippen LogP contribution in [0.2, 0.25) is 0 Å². The van der Waals surface area contributed by atoms with Gasteiger partial charge in [-0.25, -0.2) is 0 Å². The second-order valence-electron chi connectivity index (χ2n) is 3.79. The second-order valence-corrected chi connectivity index (χ2v) is 4.64. The molecule has 0 atom stereocenters. The number of rotatable bonds is 6. The molecule has 0 aliphatic heterocycles. The van der Waals surface area contributed by atoms with Gasteiger partial charge in [-0.1, -0.05) is 6.92 Å².